The highest BCUT2D eigenvalue weighted by Crippen LogP contribution is 2.46. The van der Waals surface area contributed by atoms with Gasteiger partial charge in [0, 0.05) is 23.9 Å². The highest BCUT2D eigenvalue weighted by molar-refractivity contribution is 7.07. The molecule has 270 valence electrons. The lowest BCUT2D eigenvalue weighted by Gasteiger charge is -2.44. The van der Waals surface area contributed by atoms with Gasteiger partial charge in [0.25, 0.3) is 8.32 Å². The Morgan fingerprint density at radius 1 is 0.400 bits per heavy atom. The van der Waals surface area contributed by atoms with Gasteiger partial charge in [-0.3, -0.25) is 0 Å². The Balaban J connectivity index is 1.23. The first-order valence-electron chi connectivity index (χ1n) is 19.3. The van der Waals surface area contributed by atoms with Crippen molar-refractivity contribution in [2.24, 2.45) is 17.3 Å². The summed E-state index contributed by atoms with van der Waals surface area (Å²) in [5, 5.41) is 7.33. The minimum atomic E-state index is -2.99. The molecular weight excluding hydrogens is 701 g/mol. The van der Waals surface area contributed by atoms with Gasteiger partial charge in [-0.2, -0.15) is 0 Å². The molecule has 0 N–H and O–H groups in total. The van der Waals surface area contributed by atoms with Crippen molar-refractivity contribution in [3.05, 3.63) is 243 Å². The molecule has 2 aliphatic carbocycles. The van der Waals surface area contributed by atoms with E-state index in [4.69, 9.17) is 8.85 Å². The summed E-state index contributed by atoms with van der Waals surface area (Å²) in [6, 6.07) is 65.0. The first kappa shape index (κ1) is 36.2. The quantitative estimate of drug-likeness (QED) is 0.0609. The lowest BCUT2D eigenvalue weighted by atomic mass is 9.65. The second-order valence-corrected chi connectivity index (χ2v) is 21.1. The van der Waals surface area contributed by atoms with Crippen molar-refractivity contribution in [2.75, 3.05) is 6.61 Å². The van der Waals surface area contributed by atoms with E-state index in [1.54, 1.807) is 0 Å². The number of benzene rings is 6. The SMILES string of the molecule is C1=CC(C(CC=CO[Si](c2ccccc2)(c2ccccc2)c2ccccc2)(CO[Si](c2ccccc2)(c2ccccc2)c2ccccc2)C2C=CC=C2)C=C1. The molecule has 8 rings (SSSR count). The monoisotopic (exact) mass is 746 g/mol. The van der Waals surface area contributed by atoms with E-state index in [1.807, 2.05) is 6.26 Å². The van der Waals surface area contributed by atoms with Crippen LogP contribution < -0.4 is 31.1 Å². The molecule has 4 heteroatoms. The average Bonchev–Trinajstić information content (AvgIpc) is 4.03. The highest BCUT2D eigenvalue weighted by Gasteiger charge is 2.48. The van der Waals surface area contributed by atoms with Crippen LogP contribution in [0.1, 0.15) is 6.42 Å². The van der Waals surface area contributed by atoms with E-state index in [0.29, 0.717) is 6.61 Å². The van der Waals surface area contributed by atoms with Gasteiger partial charge >= 0.3 is 8.32 Å². The van der Waals surface area contributed by atoms with E-state index in [2.05, 4.69) is 237 Å². The lowest BCUT2D eigenvalue weighted by Crippen LogP contribution is -2.70. The van der Waals surface area contributed by atoms with Crippen molar-refractivity contribution in [3.63, 3.8) is 0 Å². The van der Waals surface area contributed by atoms with Gasteiger partial charge in [0.2, 0.25) is 0 Å². The van der Waals surface area contributed by atoms with E-state index in [1.165, 1.54) is 31.1 Å². The minimum Gasteiger partial charge on any atom is -0.537 e. The number of hydrogen-bond acceptors (Lipinski definition) is 2. The number of allylic oxidation sites excluding steroid dienone is 9. The molecule has 0 amide bonds. The van der Waals surface area contributed by atoms with Crippen LogP contribution >= 0.6 is 0 Å². The number of hydrogen-bond donors (Lipinski definition) is 0. The summed E-state index contributed by atoms with van der Waals surface area (Å²) in [6.07, 6.45) is 23.2. The van der Waals surface area contributed by atoms with Crippen molar-refractivity contribution >= 4 is 47.8 Å². The first-order chi connectivity index (χ1) is 27.3. The fourth-order valence-corrected chi connectivity index (χ4v) is 16.2. The van der Waals surface area contributed by atoms with Crippen LogP contribution in [0.25, 0.3) is 0 Å². The Kier molecular flexibility index (Phi) is 11.0. The summed E-state index contributed by atoms with van der Waals surface area (Å²) < 4.78 is 15.1. The Morgan fingerprint density at radius 2 is 0.691 bits per heavy atom. The van der Waals surface area contributed by atoms with Gasteiger partial charge in [0.05, 0.1) is 6.26 Å². The molecule has 0 saturated heterocycles. The van der Waals surface area contributed by atoms with Crippen LogP contribution in [0.15, 0.2) is 243 Å². The molecule has 6 aromatic rings. The fraction of sp³-hybridized carbons (Fsp3) is 0.0980. The van der Waals surface area contributed by atoms with Gasteiger partial charge in [-0.15, -0.1) is 0 Å². The molecule has 2 nitrogen and oxygen atoms in total. The molecule has 55 heavy (non-hydrogen) atoms. The van der Waals surface area contributed by atoms with Gasteiger partial charge < -0.3 is 8.85 Å². The van der Waals surface area contributed by atoms with Crippen molar-refractivity contribution in [1.29, 1.82) is 0 Å². The highest BCUT2D eigenvalue weighted by atomic mass is 28.4. The topological polar surface area (TPSA) is 18.5 Å². The smallest absolute Gasteiger partial charge is 0.346 e. The van der Waals surface area contributed by atoms with Gasteiger partial charge in [-0.05, 0) is 37.5 Å². The molecular formula is C51H46O2Si2. The summed E-state index contributed by atoms with van der Waals surface area (Å²) in [7, 11) is -5.92. The van der Waals surface area contributed by atoms with Crippen molar-refractivity contribution < 1.29 is 8.85 Å². The van der Waals surface area contributed by atoms with Crippen molar-refractivity contribution in [2.45, 2.75) is 6.42 Å². The predicted molar refractivity (Wildman–Crippen MR) is 235 cm³/mol. The molecule has 0 atom stereocenters. The maximum absolute atomic E-state index is 7.82. The molecule has 0 radical (unpaired) electrons. The zero-order valence-electron chi connectivity index (χ0n) is 31.0. The van der Waals surface area contributed by atoms with E-state index < -0.39 is 16.6 Å². The molecule has 0 bridgehead atoms. The Bertz CT molecular complexity index is 2020. The second-order valence-electron chi connectivity index (χ2n) is 14.4. The normalized spacial score (nSPS) is 14.6. The van der Waals surface area contributed by atoms with Gasteiger partial charge in [-0.1, -0.05) is 237 Å². The molecule has 0 aromatic heterocycles. The molecule has 0 heterocycles. The van der Waals surface area contributed by atoms with E-state index >= 15 is 0 Å². The maximum atomic E-state index is 7.82. The van der Waals surface area contributed by atoms with Crippen LogP contribution in [-0.4, -0.2) is 23.2 Å². The van der Waals surface area contributed by atoms with Crippen LogP contribution in [0.5, 0.6) is 0 Å². The van der Waals surface area contributed by atoms with E-state index in [9.17, 15) is 0 Å². The summed E-state index contributed by atoms with van der Waals surface area (Å²) in [4.78, 5) is 0. The largest absolute Gasteiger partial charge is 0.537 e. The molecule has 0 saturated carbocycles. The summed E-state index contributed by atoms with van der Waals surface area (Å²) in [5.41, 5.74) is -0.333. The van der Waals surface area contributed by atoms with Gasteiger partial charge in [-0.25, -0.2) is 0 Å². The Morgan fingerprint density at radius 3 is 1.00 bits per heavy atom. The Labute approximate surface area is 328 Å². The second kappa shape index (κ2) is 16.7. The zero-order valence-corrected chi connectivity index (χ0v) is 33.0. The molecule has 2 aliphatic rings. The first-order valence-corrected chi connectivity index (χ1v) is 23.1. The van der Waals surface area contributed by atoms with Crippen LogP contribution in [0, 0.1) is 17.3 Å². The third-order valence-corrected chi connectivity index (χ3v) is 19.2. The average molecular weight is 747 g/mol. The molecule has 0 aliphatic heterocycles. The summed E-state index contributed by atoms with van der Waals surface area (Å²) in [5.74, 6) is 0.311. The molecule has 0 spiro atoms. The lowest BCUT2D eigenvalue weighted by molar-refractivity contribution is 0.0907. The minimum absolute atomic E-state index is 0.156. The third kappa shape index (κ3) is 7.13. The van der Waals surface area contributed by atoms with Crippen LogP contribution in [0.2, 0.25) is 0 Å². The molecule has 0 fully saturated rings. The third-order valence-electron chi connectivity index (χ3n) is 11.3. The summed E-state index contributed by atoms with van der Waals surface area (Å²) >= 11 is 0. The van der Waals surface area contributed by atoms with E-state index in [-0.39, 0.29) is 17.3 Å². The maximum Gasteiger partial charge on any atom is 0.346 e. The predicted octanol–water partition coefficient (Wildman–Crippen LogP) is 7.73. The molecule has 6 aromatic carbocycles. The zero-order chi connectivity index (χ0) is 37.2. The van der Waals surface area contributed by atoms with Crippen LogP contribution in [0.3, 0.4) is 0 Å². The van der Waals surface area contributed by atoms with Gasteiger partial charge in [0.1, 0.15) is 0 Å². The molecule has 0 unspecified atom stereocenters. The number of rotatable bonds is 15. The van der Waals surface area contributed by atoms with Crippen LogP contribution in [0.4, 0.5) is 0 Å². The van der Waals surface area contributed by atoms with Gasteiger partial charge in [0.15, 0.2) is 0 Å². The Hall–Kier alpha value is -5.79. The standard InChI is InChI=1S/C51H46O2Si2/c1-7-28-45(29-8-1)54(46-30-9-2-10-31-46,47-32-11-3-12-33-47)52-41-23-40-51(43-24-19-20-25-43,44-26-21-22-27-44)42-53-55(48-34-13-4-14-35-48,49-36-15-5-16-37-49)50-38-17-6-18-39-50/h1-39,41,43-44H,40,42H2. The van der Waals surface area contributed by atoms with Crippen LogP contribution in [-0.2, 0) is 8.85 Å². The van der Waals surface area contributed by atoms with Crippen molar-refractivity contribution in [1.82, 2.24) is 0 Å². The summed E-state index contributed by atoms with van der Waals surface area (Å²) in [6.45, 7) is 0.541. The fourth-order valence-electron chi connectivity index (χ4n) is 8.53. The van der Waals surface area contributed by atoms with E-state index in [0.717, 1.165) is 6.42 Å². The van der Waals surface area contributed by atoms with Crippen molar-refractivity contribution in [3.8, 4) is 0 Å².